The molecule has 63 heavy (non-hydrogen) atoms. The summed E-state index contributed by atoms with van der Waals surface area (Å²) in [5, 5.41) is 26.0. The van der Waals surface area contributed by atoms with Crippen LogP contribution in [-0.2, 0) is 15.0 Å². The number of aromatic hydroxyl groups is 1. The molecule has 1 fully saturated rings. The lowest BCUT2D eigenvalue weighted by Crippen LogP contribution is -2.36. The first kappa shape index (κ1) is 47.6. The number of rotatable bonds is 20. The number of carbonyl (C=O) groups is 2. The minimum Gasteiger partial charge on any atom is -0.508 e. The highest BCUT2D eigenvalue weighted by Crippen LogP contribution is 2.39. The summed E-state index contributed by atoms with van der Waals surface area (Å²) in [6.45, 7) is 6.93. The smallest absolute Gasteiger partial charge is 0.280 e. The van der Waals surface area contributed by atoms with Gasteiger partial charge in [0.25, 0.3) is 5.91 Å². The van der Waals surface area contributed by atoms with E-state index in [-0.39, 0.29) is 32.9 Å². The number of anilines is 2. The Morgan fingerprint density at radius 2 is 1.41 bits per heavy atom. The van der Waals surface area contributed by atoms with Gasteiger partial charge in [0.2, 0.25) is 11.9 Å². The predicted octanol–water partition coefficient (Wildman–Crippen LogP) is 14.9. The summed E-state index contributed by atoms with van der Waals surface area (Å²) in [6.07, 6.45) is 12.7. The number of amidine groups is 1. The van der Waals surface area contributed by atoms with Crippen molar-refractivity contribution >= 4 is 97.6 Å². The van der Waals surface area contributed by atoms with Crippen LogP contribution in [0.3, 0.4) is 0 Å². The van der Waals surface area contributed by atoms with E-state index in [4.69, 9.17) is 56.1 Å². The van der Waals surface area contributed by atoms with Crippen molar-refractivity contribution in [2.45, 2.75) is 109 Å². The van der Waals surface area contributed by atoms with E-state index in [0.29, 0.717) is 45.9 Å². The summed E-state index contributed by atoms with van der Waals surface area (Å²) >= 11 is 25.8. The Morgan fingerprint density at radius 3 is 2.11 bits per heavy atom. The van der Waals surface area contributed by atoms with Crippen molar-refractivity contribution in [2.24, 2.45) is 15.2 Å². The maximum absolute atomic E-state index is 14.0. The van der Waals surface area contributed by atoms with Gasteiger partial charge >= 0.3 is 0 Å². The number of nitrogens with zero attached hydrogens (tertiary/aromatic N) is 4. The fraction of sp³-hybridized carbons (Fsp3) is 0.367. The molecule has 1 atom stereocenters. The summed E-state index contributed by atoms with van der Waals surface area (Å²) in [5.74, 6) is 0.617. The second-order valence-electron chi connectivity index (χ2n) is 16.7. The molecule has 5 aromatic carbocycles. The molecule has 1 aliphatic heterocycles. The number of aliphatic imine (C=N–C) groups is 1. The monoisotopic (exact) mass is 930 g/mol. The quantitative estimate of drug-likeness (QED) is 0.0529. The van der Waals surface area contributed by atoms with Crippen LogP contribution in [0.4, 0.5) is 22.7 Å². The van der Waals surface area contributed by atoms with Gasteiger partial charge in [-0.2, -0.15) is 10.2 Å². The van der Waals surface area contributed by atoms with Gasteiger partial charge in [-0.25, -0.2) is 10.0 Å². The molecule has 1 saturated heterocycles. The summed E-state index contributed by atoms with van der Waals surface area (Å²) in [6, 6.07) is 25.7. The average molecular weight is 933 g/mol. The van der Waals surface area contributed by atoms with E-state index in [1.807, 2.05) is 54.6 Å². The largest absolute Gasteiger partial charge is 0.508 e. The van der Waals surface area contributed by atoms with E-state index in [1.165, 1.54) is 49.2 Å². The molecular weight excluding hydrogens is 878 g/mol. The second-order valence-corrected chi connectivity index (χ2v) is 18.4. The molecule has 10 nitrogen and oxygen atoms in total. The minimum absolute atomic E-state index is 0.104. The van der Waals surface area contributed by atoms with Gasteiger partial charge in [-0.05, 0) is 78.2 Å². The number of hydrazine groups is 1. The molecule has 1 aliphatic rings. The van der Waals surface area contributed by atoms with Gasteiger partial charge in [0.15, 0.2) is 5.84 Å². The lowest BCUT2D eigenvalue weighted by Gasteiger charge is -2.21. The van der Waals surface area contributed by atoms with Crippen molar-refractivity contribution in [3.05, 3.63) is 117 Å². The van der Waals surface area contributed by atoms with Gasteiger partial charge in [0.05, 0.1) is 33.0 Å². The molecule has 0 bridgehead atoms. The Hall–Kier alpha value is -4.87. The summed E-state index contributed by atoms with van der Waals surface area (Å²) in [5.41, 5.74) is 5.35. The third-order valence-electron chi connectivity index (χ3n) is 10.8. The van der Waals surface area contributed by atoms with Crippen LogP contribution in [0, 0.1) is 0 Å². The third kappa shape index (κ3) is 13.3. The van der Waals surface area contributed by atoms with Gasteiger partial charge in [0, 0.05) is 28.1 Å². The molecule has 1 unspecified atom stereocenters. The van der Waals surface area contributed by atoms with Crippen LogP contribution in [0.15, 0.2) is 106 Å². The Morgan fingerprint density at radius 1 is 0.762 bits per heavy atom. The number of fused-ring (bicyclic) bond motifs is 1. The molecular formula is C49H54Cl4N6O4. The van der Waals surface area contributed by atoms with E-state index in [9.17, 15) is 14.7 Å². The fourth-order valence-electron chi connectivity index (χ4n) is 7.39. The first-order valence-corrected chi connectivity index (χ1v) is 23.1. The number of carbonyl (C=O) groups excluding carboxylic acids is 2. The fourth-order valence-corrected chi connectivity index (χ4v) is 8.54. The van der Waals surface area contributed by atoms with E-state index < -0.39 is 11.9 Å². The zero-order valence-electron chi connectivity index (χ0n) is 35.9. The van der Waals surface area contributed by atoms with Crippen LogP contribution in [0.2, 0.25) is 20.1 Å². The van der Waals surface area contributed by atoms with Crippen molar-refractivity contribution in [1.29, 1.82) is 0 Å². The summed E-state index contributed by atoms with van der Waals surface area (Å²) < 4.78 is 5.95. The number of azo groups is 1. The number of benzene rings is 5. The van der Waals surface area contributed by atoms with Crippen LogP contribution < -0.4 is 20.5 Å². The number of phenolic OH excluding ortho intramolecular Hbond substituents is 1. The molecule has 2 amide bonds. The third-order valence-corrected chi connectivity index (χ3v) is 11.9. The van der Waals surface area contributed by atoms with Crippen LogP contribution in [-0.4, -0.2) is 35.4 Å². The van der Waals surface area contributed by atoms with Crippen molar-refractivity contribution in [3.63, 3.8) is 0 Å². The minimum atomic E-state index is -1.21. The number of unbranched alkanes of at least 4 members (excludes halogenated alkanes) is 10. The standard InChI is InChI=1S/C49H54Cl4N6O4/c1-49(2,3)37-31-35(24-26-43(37)60)63-27-16-12-10-8-6-4-5-7-9-11-13-22-44(61)54-34-23-25-38(51)42(30-34)55-47-45(57-56-41-21-17-19-32-18-14-15-20-36(32)41)48(62)59(58-47)46-39(52)28-33(50)29-40(46)53/h14-15,17-21,23-26,28-31,45,60H,4-13,16,22,27H2,1-3H3,(H,54,61)(H,55,58). The molecule has 0 radical (unpaired) electrons. The molecule has 332 valence electrons. The van der Waals surface area contributed by atoms with Gasteiger partial charge < -0.3 is 15.2 Å². The average Bonchev–Trinajstić information content (AvgIpc) is 3.53. The van der Waals surface area contributed by atoms with Gasteiger partial charge in [-0.15, -0.1) is 0 Å². The lowest BCUT2D eigenvalue weighted by molar-refractivity contribution is -0.118. The SMILES string of the molecule is CC(C)(C)c1cc(OCCCCCCCCCCCCCC(=O)Nc2ccc(Cl)c(N=C3NN(c4c(Cl)cc(Cl)cc4Cl)C(=O)C3N=Nc3cccc4ccccc34)c2)ccc1O. The van der Waals surface area contributed by atoms with Crippen LogP contribution in [0.25, 0.3) is 10.8 Å². The summed E-state index contributed by atoms with van der Waals surface area (Å²) in [7, 11) is 0. The normalized spacial score (nSPS) is 14.8. The maximum Gasteiger partial charge on any atom is 0.280 e. The molecule has 3 N–H and O–H groups in total. The van der Waals surface area contributed by atoms with Crippen LogP contribution in [0.1, 0.15) is 103 Å². The second kappa shape index (κ2) is 22.7. The number of nitrogens with one attached hydrogen (secondary N) is 2. The van der Waals surface area contributed by atoms with Crippen molar-refractivity contribution < 1.29 is 19.4 Å². The number of amides is 2. The maximum atomic E-state index is 14.0. The van der Waals surface area contributed by atoms with E-state index in [0.717, 1.165) is 60.6 Å². The number of phenols is 1. The summed E-state index contributed by atoms with van der Waals surface area (Å²) in [4.78, 5) is 31.7. The first-order chi connectivity index (χ1) is 30.3. The highest BCUT2D eigenvalue weighted by atomic mass is 35.5. The molecule has 0 saturated carbocycles. The highest BCUT2D eigenvalue weighted by Gasteiger charge is 2.41. The van der Waals surface area contributed by atoms with Gasteiger partial charge in [0.1, 0.15) is 17.2 Å². The van der Waals surface area contributed by atoms with E-state index in [2.05, 4.69) is 41.7 Å². The first-order valence-electron chi connectivity index (χ1n) is 21.6. The van der Waals surface area contributed by atoms with Crippen molar-refractivity contribution in [2.75, 3.05) is 16.9 Å². The predicted molar refractivity (Wildman–Crippen MR) is 259 cm³/mol. The Labute approximate surface area is 390 Å². The number of hydrogen-bond acceptors (Lipinski definition) is 7. The van der Waals surface area contributed by atoms with Crippen LogP contribution >= 0.6 is 46.4 Å². The van der Waals surface area contributed by atoms with Crippen molar-refractivity contribution in [1.82, 2.24) is 5.43 Å². The number of ether oxygens (including phenoxy) is 1. The number of hydrogen-bond donors (Lipinski definition) is 3. The zero-order chi connectivity index (χ0) is 44.9. The highest BCUT2D eigenvalue weighted by molar-refractivity contribution is 6.43. The van der Waals surface area contributed by atoms with Gasteiger partial charge in [-0.3, -0.25) is 15.0 Å². The zero-order valence-corrected chi connectivity index (χ0v) is 38.9. The van der Waals surface area contributed by atoms with E-state index in [1.54, 1.807) is 24.3 Å². The van der Waals surface area contributed by atoms with Crippen molar-refractivity contribution in [3.8, 4) is 11.5 Å². The molecule has 14 heteroatoms. The Bertz CT molecular complexity index is 2430. The molecule has 1 heterocycles. The van der Waals surface area contributed by atoms with Crippen LogP contribution in [0.5, 0.6) is 11.5 Å². The molecule has 0 aliphatic carbocycles. The van der Waals surface area contributed by atoms with Gasteiger partial charge in [-0.1, -0.05) is 161 Å². The lowest BCUT2D eigenvalue weighted by atomic mass is 9.86. The molecule has 0 spiro atoms. The van der Waals surface area contributed by atoms with E-state index >= 15 is 0 Å². The Balaban J connectivity index is 0.948. The molecule has 5 aromatic rings. The number of halogens is 4. The molecule has 0 aromatic heterocycles. The topological polar surface area (TPSA) is 128 Å². The Kier molecular flexibility index (Phi) is 17.1. The molecule has 6 rings (SSSR count).